The number of nitrogens with zero attached hydrogens (tertiary/aromatic N) is 1. The van der Waals surface area contributed by atoms with Crippen molar-refractivity contribution in [3.8, 4) is 0 Å². The van der Waals surface area contributed by atoms with Gasteiger partial charge in [-0.1, -0.05) is 20.8 Å². The molecular weight excluding hydrogens is 142 g/mol. The first-order valence-electron chi connectivity index (χ1n) is 4.01. The van der Waals surface area contributed by atoms with E-state index in [1.165, 1.54) is 7.11 Å². The molecule has 3 nitrogen and oxygen atoms in total. The van der Waals surface area contributed by atoms with Gasteiger partial charge in [-0.25, -0.2) is 4.79 Å². The van der Waals surface area contributed by atoms with Crippen LogP contribution in [0, 0.1) is 0 Å². The highest BCUT2D eigenvalue weighted by atomic mass is 16.5. The lowest BCUT2D eigenvalue weighted by Gasteiger charge is -2.12. The fourth-order valence-corrected chi connectivity index (χ4v) is 0.583. The minimum Gasteiger partial charge on any atom is -0.453 e. The third kappa shape index (κ3) is 7.16. The Balaban J connectivity index is 0. The van der Waals surface area contributed by atoms with Gasteiger partial charge in [-0.3, -0.25) is 0 Å². The molecule has 0 bridgehead atoms. The van der Waals surface area contributed by atoms with Crippen molar-refractivity contribution in [1.82, 2.24) is 4.90 Å². The molecule has 0 aliphatic carbocycles. The number of carbonyl (C=O) groups is 1. The minimum atomic E-state index is -0.267. The van der Waals surface area contributed by atoms with E-state index in [4.69, 9.17) is 0 Å². The van der Waals surface area contributed by atoms with Gasteiger partial charge < -0.3 is 9.64 Å². The second-order valence-electron chi connectivity index (χ2n) is 1.89. The van der Waals surface area contributed by atoms with Crippen LogP contribution in [-0.2, 0) is 4.74 Å². The summed E-state index contributed by atoms with van der Waals surface area (Å²) in [6.45, 7) is 6.77. The Morgan fingerprint density at radius 1 is 1.45 bits per heavy atom. The van der Waals surface area contributed by atoms with E-state index in [-0.39, 0.29) is 6.09 Å². The predicted octanol–water partition coefficient (Wildman–Crippen LogP) is 2.12. The van der Waals surface area contributed by atoms with Gasteiger partial charge in [0.25, 0.3) is 0 Å². The summed E-state index contributed by atoms with van der Waals surface area (Å²) in [6.07, 6.45) is 0.697. The molecule has 11 heavy (non-hydrogen) atoms. The SMILES string of the molecule is CC.CCCN(C)C(=O)OC. The van der Waals surface area contributed by atoms with E-state index < -0.39 is 0 Å². The standard InChI is InChI=1S/C6H13NO2.C2H6/c1-4-5-7(2)6(8)9-3;1-2/h4-5H2,1-3H3;1-2H3. The Hall–Kier alpha value is -0.730. The van der Waals surface area contributed by atoms with Gasteiger partial charge in [0.05, 0.1) is 7.11 Å². The molecule has 0 rings (SSSR count). The molecule has 0 saturated carbocycles. The topological polar surface area (TPSA) is 29.5 Å². The molecule has 0 aromatic rings. The van der Waals surface area contributed by atoms with E-state index in [1.807, 2.05) is 20.8 Å². The van der Waals surface area contributed by atoms with Crippen molar-refractivity contribution in [3.63, 3.8) is 0 Å². The average Bonchev–Trinajstić information content (AvgIpc) is 2.07. The fourth-order valence-electron chi connectivity index (χ4n) is 0.583. The number of ether oxygens (including phenoxy) is 1. The van der Waals surface area contributed by atoms with Gasteiger partial charge in [0.1, 0.15) is 0 Å². The summed E-state index contributed by atoms with van der Waals surface area (Å²) in [5.41, 5.74) is 0. The van der Waals surface area contributed by atoms with Crippen molar-refractivity contribution in [2.75, 3.05) is 20.7 Å². The van der Waals surface area contributed by atoms with Crippen molar-refractivity contribution < 1.29 is 9.53 Å². The van der Waals surface area contributed by atoms with Crippen LogP contribution in [0.1, 0.15) is 27.2 Å². The van der Waals surface area contributed by atoms with Crippen LogP contribution in [0.25, 0.3) is 0 Å². The van der Waals surface area contributed by atoms with E-state index in [1.54, 1.807) is 11.9 Å². The molecule has 1 amide bonds. The average molecular weight is 161 g/mol. The Labute approximate surface area is 69.3 Å². The molecular formula is C8H19NO2. The fraction of sp³-hybridized carbons (Fsp3) is 0.875. The first-order valence-corrected chi connectivity index (χ1v) is 4.01. The second-order valence-corrected chi connectivity index (χ2v) is 1.89. The second kappa shape index (κ2) is 9.27. The first-order chi connectivity index (χ1) is 5.22. The molecule has 0 aliphatic rings. The lowest BCUT2D eigenvalue weighted by atomic mass is 10.5. The van der Waals surface area contributed by atoms with Gasteiger partial charge in [0.15, 0.2) is 0 Å². The van der Waals surface area contributed by atoms with E-state index in [0.717, 1.165) is 13.0 Å². The molecule has 0 heterocycles. The third-order valence-electron chi connectivity index (χ3n) is 1.05. The third-order valence-corrected chi connectivity index (χ3v) is 1.05. The maximum atomic E-state index is 10.6. The van der Waals surface area contributed by atoms with Crippen LogP contribution in [0.3, 0.4) is 0 Å². The van der Waals surface area contributed by atoms with E-state index in [2.05, 4.69) is 4.74 Å². The summed E-state index contributed by atoms with van der Waals surface area (Å²) in [5.74, 6) is 0. The molecule has 0 aliphatic heterocycles. The maximum Gasteiger partial charge on any atom is 0.409 e. The number of hydrogen-bond donors (Lipinski definition) is 0. The Morgan fingerprint density at radius 2 is 1.91 bits per heavy atom. The number of rotatable bonds is 2. The molecule has 0 atom stereocenters. The molecule has 0 aromatic heterocycles. The summed E-state index contributed by atoms with van der Waals surface area (Å²) in [4.78, 5) is 12.1. The number of amides is 1. The zero-order valence-electron chi connectivity index (χ0n) is 8.18. The molecule has 0 aromatic carbocycles. The summed E-state index contributed by atoms with van der Waals surface area (Å²) in [6, 6.07) is 0. The van der Waals surface area contributed by atoms with Gasteiger partial charge in [0.2, 0.25) is 0 Å². The molecule has 68 valence electrons. The largest absolute Gasteiger partial charge is 0.453 e. The summed E-state index contributed by atoms with van der Waals surface area (Å²) >= 11 is 0. The van der Waals surface area contributed by atoms with Crippen molar-refractivity contribution in [2.24, 2.45) is 0 Å². The Kier molecular flexibility index (Phi) is 10.9. The molecule has 0 saturated heterocycles. The highest BCUT2D eigenvalue weighted by Crippen LogP contribution is 1.88. The van der Waals surface area contributed by atoms with Crippen molar-refractivity contribution in [1.29, 1.82) is 0 Å². The van der Waals surface area contributed by atoms with Crippen LogP contribution in [-0.4, -0.2) is 31.7 Å². The van der Waals surface area contributed by atoms with Gasteiger partial charge in [-0.05, 0) is 6.42 Å². The smallest absolute Gasteiger partial charge is 0.409 e. The zero-order valence-corrected chi connectivity index (χ0v) is 8.18. The lowest BCUT2D eigenvalue weighted by molar-refractivity contribution is 0.133. The van der Waals surface area contributed by atoms with Crippen molar-refractivity contribution >= 4 is 6.09 Å². The zero-order chi connectivity index (χ0) is 9.28. The number of carbonyl (C=O) groups excluding carboxylic acids is 1. The normalized spacial score (nSPS) is 7.73. The monoisotopic (exact) mass is 161 g/mol. The summed E-state index contributed by atoms with van der Waals surface area (Å²) in [5, 5.41) is 0. The quantitative estimate of drug-likeness (QED) is 0.621. The van der Waals surface area contributed by atoms with Crippen LogP contribution in [0.15, 0.2) is 0 Å². The van der Waals surface area contributed by atoms with Gasteiger partial charge in [-0.15, -0.1) is 0 Å². The lowest BCUT2D eigenvalue weighted by Crippen LogP contribution is -2.26. The van der Waals surface area contributed by atoms with Crippen LogP contribution in [0.4, 0.5) is 4.79 Å². The molecule has 0 spiro atoms. The van der Waals surface area contributed by atoms with E-state index in [0.29, 0.717) is 0 Å². The highest BCUT2D eigenvalue weighted by Gasteiger charge is 2.03. The molecule has 0 N–H and O–H groups in total. The van der Waals surface area contributed by atoms with Gasteiger partial charge in [0, 0.05) is 13.6 Å². The van der Waals surface area contributed by atoms with Crippen molar-refractivity contribution in [2.45, 2.75) is 27.2 Å². The maximum absolute atomic E-state index is 10.6. The Morgan fingerprint density at radius 3 is 2.18 bits per heavy atom. The summed E-state index contributed by atoms with van der Waals surface area (Å²) in [7, 11) is 3.10. The number of hydrogen-bond acceptors (Lipinski definition) is 2. The minimum absolute atomic E-state index is 0.267. The van der Waals surface area contributed by atoms with Gasteiger partial charge in [-0.2, -0.15) is 0 Å². The van der Waals surface area contributed by atoms with E-state index >= 15 is 0 Å². The van der Waals surface area contributed by atoms with E-state index in [9.17, 15) is 4.79 Å². The molecule has 0 radical (unpaired) electrons. The highest BCUT2D eigenvalue weighted by molar-refractivity contribution is 5.66. The molecule has 3 heteroatoms. The van der Waals surface area contributed by atoms with Crippen LogP contribution >= 0.6 is 0 Å². The van der Waals surface area contributed by atoms with Gasteiger partial charge >= 0.3 is 6.09 Å². The summed E-state index contributed by atoms with van der Waals surface area (Å²) < 4.78 is 4.45. The van der Waals surface area contributed by atoms with Crippen LogP contribution in [0.2, 0.25) is 0 Å². The molecule has 0 unspecified atom stereocenters. The van der Waals surface area contributed by atoms with Crippen molar-refractivity contribution in [3.05, 3.63) is 0 Å². The Bertz CT molecular complexity index is 94.1. The van der Waals surface area contributed by atoms with Crippen LogP contribution in [0.5, 0.6) is 0 Å². The van der Waals surface area contributed by atoms with Crippen LogP contribution < -0.4 is 0 Å². The predicted molar refractivity (Wildman–Crippen MR) is 46.7 cm³/mol. The number of methoxy groups -OCH3 is 1. The molecule has 0 fully saturated rings. The first kappa shape index (κ1) is 12.9.